The van der Waals surface area contributed by atoms with E-state index in [1.54, 1.807) is 0 Å². The Balaban J connectivity index is 2.02. The minimum Gasteiger partial charge on any atom is -0.289 e. The van der Waals surface area contributed by atoms with Gasteiger partial charge in [-0.3, -0.25) is 4.79 Å². The molecule has 1 saturated carbocycles. The molecule has 1 nitrogen and oxygen atoms in total. The van der Waals surface area contributed by atoms with Gasteiger partial charge in [-0.05, 0) is 61.3 Å². The highest BCUT2D eigenvalue weighted by Gasteiger charge is 2.34. The molecule has 3 rings (SSSR count). The zero-order valence-corrected chi connectivity index (χ0v) is 17.2. The van der Waals surface area contributed by atoms with Crippen molar-refractivity contribution in [1.29, 1.82) is 0 Å². The van der Waals surface area contributed by atoms with Crippen molar-refractivity contribution >= 4 is 17.9 Å². The maximum Gasteiger partial charge on any atom is 0.185 e. The van der Waals surface area contributed by atoms with Gasteiger partial charge in [0.15, 0.2) is 5.78 Å². The van der Waals surface area contributed by atoms with Crippen LogP contribution >= 0.6 is 0 Å². The van der Waals surface area contributed by atoms with E-state index in [4.69, 9.17) is 0 Å². The predicted octanol–water partition coefficient (Wildman–Crippen LogP) is 6.80. The molecule has 0 spiro atoms. The average molecular weight is 359 g/mol. The number of carbonyl (C=O) groups is 1. The Morgan fingerprint density at radius 1 is 0.815 bits per heavy atom. The van der Waals surface area contributed by atoms with Gasteiger partial charge in [0.05, 0.1) is 0 Å². The maximum absolute atomic E-state index is 13.2. The minimum atomic E-state index is 0.165. The van der Waals surface area contributed by atoms with Gasteiger partial charge in [0.2, 0.25) is 0 Å². The van der Waals surface area contributed by atoms with Crippen LogP contribution in [-0.2, 0) is 4.79 Å². The van der Waals surface area contributed by atoms with E-state index in [1.807, 2.05) is 0 Å². The Morgan fingerprint density at radius 2 is 1.26 bits per heavy atom. The summed E-state index contributed by atoms with van der Waals surface area (Å²) in [6, 6.07) is 16.7. The molecule has 0 bridgehead atoms. The van der Waals surface area contributed by atoms with E-state index >= 15 is 0 Å². The SMILES string of the molecule is Cc1cccc(C=C2CC(C(C)(C)C)CC(=Cc3cccc(C)c3)C2=O)c1. The minimum absolute atomic E-state index is 0.165. The number of carbonyl (C=O) groups excluding carboxylic acids is 1. The summed E-state index contributed by atoms with van der Waals surface area (Å²) in [6.45, 7) is 11.0. The van der Waals surface area contributed by atoms with Crippen LogP contribution in [0.25, 0.3) is 12.2 Å². The molecule has 1 aliphatic carbocycles. The van der Waals surface area contributed by atoms with Crippen molar-refractivity contribution in [2.24, 2.45) is 11.3 Å². The summed E-state index contributed by atoms with van der Waals surface area (Å²) >= 11 is 0. The molecule has 0 N–H and O–H groups in total. The number of hydrogen-bond donors (Lipinski definition) is 0. The number of allylic oxidation sites excluding steroid dienone is 2. The van der Waals surface area contributed by atoms with Crippen molar-refractivity contribution in [2.45, 2.75) is 47.5 Å². The Kier molecular flexibility index (Phi) is 5.51. The molecule has 0 aliphatic heterocycles. The Morgan fingerprint density at radius 3 is 1.63 bits per heavy atom. The summed E-state index contributed by atoms with van der Waals surface area (Å²) in [6.07, 6.45) is 5.89. The molecule has 27 heavy (non-hydrogen) atoms. The second kappa shape index (κ2) is 7.68. The molecule has 0 aromatic heterocycles. The van der Waals surface area contributed by atoms with E-state index < -0.39 is 0 Å². The number of ketones is 1. The Bertz CT molecular complexity index is 838. The number of aryl methyl sites for hydroxylation is 2. The topological polar surface area (TPSA) is 17.1 Å². The molecule has 0 heterocycles. The monoisotopic (exact) mass is 358 g/mol. The first kappa shape index (κ1) is 19.4. The van der Waals surface area contributed by atoms with Crippen LogP contribution in [-0.4, -0.2) is 5.78 Å². The Labute approximate surface area is 163 Å². The van der Waals surface area contributed by atoms with E-state index in [0.29, 0.717) is 5.92 Å². The third kappa shape index (κ3) is 4.86. The first-order chi connectivity index (χ1) is 12.7. The van der Waals surface area contributed by atoms with E-state index in [1.165, 1.54) is 11.1 Å². The van der Waals surface area contributed by atoms with Crippen LogP contribution in [0.1, 0.15) is 55.9 Å². The summed E-state index contributed by atoms with van der Waals surface area (Å²) < 4.78 is 0. The van der Waals surface area contributed by atoms with Gasteiger partial charge in [0.25, 0.3) is 0 Å². The molecule has 0 saturated heterocycles. The van der Waals surface area contributed by atoms with Gasteiger partial charge in [0.1, 0.15) is 0 Å². The van der Waals surface area contributed by atoms with Gasteiger partial charge in [-0.1, -0.05) is 80.4 Å². The molecular formula is C26H30O. The van der Waals surface area contributed by atoms with Crippen molar-refractivity contribution in [3.63, 3.8) is 0 Å². The first-order valence-electron chi connectivity index (χ1n) is 9.81. The molecule has 1 fully saturated rings. The fourth-order valence-corrected chi connectivity index (χ4v) is 3.78. The molecule has 140 valence electrons. The third-order valence-electron chi connectivity index (χ3n) is 5.51. The maximum atomic E-state index is 13.2. The second-order valence-corrected chi connectivity index (χ2v) is 8.97. The quantitative estimate of drug-likeness (QED) is 0.540. The highest BCUT2D eigenvalue weighted by molar-refractivity contribution is 6.14. The van der Waals surface area contributed by atoms with Gasteiger partial charge in [-0.2, -0.15) is 0 Å². The summed E-state index contributed by atoms with van der Waals surface area (Å²) in [5.41, 5.74) is 6.70. The largest absolute Gasteiger partial charge is 0.289 e. The smallest absolute Gasteiger partial charge is 0.185 e. The first-order valence-corrected chi connectivity index (χ1v) is 9.81. The molecule has 0 unspecified atom stereocenters. The van der Waals surface area contributed by atoms with Gasteiger partial charge in [-0.25, -0.2) is 0 Å². The molecule has 1 heteroatoms. The third-order valence-corrected chi connectivity index (χ3v) is 5.51. The van der Waals surface area contributed by atoms with Crippen LogP contribution in [0.4, 0.5) is 0 Å². The number of rotatable bonds is 2. The predicted molar refractivity (Wildman–Crippen MR) is 115 cm³/mol. The highest BCUT2D eigenvalue weighted by atomic mass is 16.1. The van der Waals surface area contributed by atoms with Crippen LogP contribution in [0.3, 0.4) is 0 Å². The number of hydrogen-bond acceptors (Lipinski definition) is 1. The van der Waals surface area contributed by atoms with Crippen molar-refractivity contribution < 1.29 is 4.79 Å². The van der Waals surface area contributed by atoms with Gasteiger partial charge >= 0.3 is 0 Å². The lowest BCUT2D eigenvalue weighted by Crippen LogP contribution is -2.29. The van der Waals surface area contributed by atoms with Crippen molar-refractivity contribution in [3.8, 4) is 0 Å². The van der Waals surface area contributed by atoms with Gasteiger partial charge < -0.3 is 0 Å². The van der Waals surface area contributed by atoms with Crippen LogP contribution < -0.4 is 0 Å². The van der Waals surface area contributed by atoms with Crippen LogP contribution in [0.5, 0.6) is 0 Å². The normalized spacial score (nSPS) is 21.1. The Hall–Kier alpha value is -2.41. The molecule has 0 radical (unpaired) electrons. The summed E-state index contributed by atoms with van der Waals surface area (Å²) in [7, 11) is 0. The molecule has 2 aromatic carbocycles. The van der Waals surface area contributed by atoms with Crippen molar-refractivity contribution in [1.82, 2.24) is 0 Å². The summed E-state index contributed by atoms with van der Waals surface area (Å²) in [4.78, 5) is 13.2. The highest BCUT2D eigenvalue weighted by Crippen LogP contribution is 2.42. The van der Waals surface area contributed by atoms with E-state index in [2.05, 4.69) is 95.3 Å². The van der Waals surface area contributed by atoms with E-state index in [-0.39, 0.29) is 11.2 Å². The van der Waals surface area contributed by atoms with Gasteiger partial charge in [0, 0.05) is 11.1 Å². The van der Waals surface area contributed by atoms with Crippen LogP contribution in [0.15, 0.2) is 59.7 Å². The number of Topliss-reactive ketones (excluding diaryl/α,β-unsaturated/α-hetero) is 1. The van der Waals surface area contributed by atoms with Crippen molar-refractivity contribution in [2.75, 3.05) is 0 Å². The lowest BCUT2D eigenvalue weighted by Gasteiger charge is -2.35. The second-order valence-electron chi connectivity index (χ2n) is 8.97. The zero-order chi connectivity index (χ0) is 19.6. The van der Waals surface area contributed by atoms with E-state index in [0.717, 1.165) is 35.1 Å². The standard InChI is InChI=1S/C26H30O/c1-18-8-6-10-20(12-18)14-22-16-24(26(3,4)5)17-23(25(22)27)15-21-11-7-9-19(2)13-21/h6-15,24H,16-17H2,1-5H3. The van der Waals surface area contributed by atoms with Crippen LogP contribution in [0.2, 0.25) is 0 Å². The molecule has 2 aromatic rings. The zero-order valence-electron chi connectivity index (χ0n) is 17.2. The summed E-state index contributed by atoms with van der Waals surface area (Å²) in [5.74, 6) is 0.667. The molecule has 0 amide bonds. The fourth-order valence-electron chi connectivity index (χ4n) is 3.78. The lowest BCUT2D eigenvalue weighted by atomic mass is 9.68. The molecule has 1 aliphatic rings. The van der Waals surface area contributed by atoms with Crippen LogP contribution in [0, 0.1) is 25.2 Å². The summed E-state index contributed by atoms with van der Waals surface area (Å²) in [5, 5.41) is 0. The van der Waals surface area contributed by atoms with Gasteiger partial charge in [-0.15, -0.1) is 0 Å². The lowest BCUT2D eigenvalue weighted by molar-refractivity contribution is -0.113. The molecular weight excluding hydrogens is 328 g/mol. The fraction of sp³-hybridized carbons (Fsp3) is 0.346. The molecule has 0 atom stereocenters. The number of benzene rings is 2. The average Bonchev–Trinajstić information content (AvgIpc) is 2.57. The van der Waals surface area contributed by atoms with Crippen molar-refractivity contribution in [3.05, 3.63) is 81.9 Å². The van der Waals surface area contributed by atoms with E-state index in [9.17, 15) is 4.79 Å².